The van der Waals surface area contributed by atoms with Gasteiger partial charge in [0.05, 0.1) is 11.9 Å². The zero-order valence-electron chi connectivity index (χ0n) is 9.75. The van der Waals surface area contributed by atoms with Crippen LogP contribution < -0.4 is 0 Å². The smallest absolute Gasteiger partial charge is 0.265 e. The van der Waals surface area contributed by atoms with Crippen molar-refractivity contribution in [3.8, 4) is 0 Å². The molecule has 2 atom stereocenters. The van der Waals surface area contributed by atoms with Gasteiger partial charge in [-0.15, -0.1) is 0 Å². The minimum Gasteiger partial charge on any atom is -0.374 e. The van der Waals surface area contributed by atoms with Crippen LogP contribution in [-0.2, 0) is 14.9 Å². The third-order valence-corrected chi connectivity index (χ3v) is 4.23. The fraction of sp³-hybridized carbons (Fsp3) is 0.500. The highest BCUT2D eigenvalue weighted by Gasteiger charge is 2.27. The van der Waals surface area contributed by atoms with Crippen molar-refractivity contribution in [2.75, 3.05) is 12.4 Å². The third-order valence-electron chi connectivity index (χ3n) is 3.08. The van der Waals surface area contributed by atoms with E-state index in [0.717, 1.165) is 5.56 Å². The van der Waals surface area contributed by atoms with Gasteiger partial charge in [0.25, 0.3) is 10.1 Å². The minimum atomic E-state index is -3.91. The number of hydrogen-bond acceptors (Lipinski definition) is 3. The van der Waals surface area contributed by atoms with E-state index in [-0.39, 0.29) is 17.8 Å². The molecule has 1 N–H and O–H groups in total. The van der Waals surface area contributed by atoms with Gasteiger partial charge in [0.1, 0.15) is 0 Å². The molecule has 0 radical (unpaired) electrons. The van der Waals surface area contributed by atoms with E-state index in [9.17, 15) is 8.42 Å². The summed E-state index contributed by atoms with van der Waals surface area (Å²) in [6.45, 7) is 0.507. The molecule has 1 aromatic carbocycles. The molecule has 18 heavy (non-hydrogen) atoms. The van der Waals surface area contributed by atoms with Crippen molar-refractivity contribution in [3.63, 3.8) is 0 Å². The zero-order chi connectivity index (χ0) is 13.2. The summed E-state index contributed by atoms with van der Waals surface area (Å²) in [5.74, 6) is -0.255. The maximum Gasteiger partial charge on any atom is 0.265 e. The zero-order valence-corrected chi connectivity index (χ0v) is 11.3. The van der Waals surface area contributed by atoms with Crippen molar-refractivity contribution < 1.29 is 17.7 Å². The molecule has 100 valence electrons. The summed E-state index contributed by atoms with van der Waals surface area (Å²) < 4.78 is 36.3. The SMILES string of the molecule is O=S(=O)(O)CC1CCOC(c2ccc(Cl)cc2)C1. The molecule has 0 aromatic heterocycles. The van der Waals surface area contributed by atoms with Gasteiger partial charge in [-0.2, -0.15) is 8.42 Å². The van der Waals surface area contributed by atoms with E-state index in [2.05, 4.69) is 0 Å². The summed E-state index contributed by atoms with van der Waals surface area (Å²) >= 11 is 5.81. The van der Waals surface area contributed by atoms with E-state index in [0.29, 0.717) is 24.5 Å². The van der Waals surface area contributed by atoms with E-state index in [1.165, 1.54) is 0 Å². The predicted octanol–water partition coefficient (Wildman–Crippen LogP) is 2.70. The molecule has 0 amide bonds. The maximum atomic E-state index is 10.9. The Labute approximate surface area is 112 Å². The highest BCUT2D eigenvalue weighted by molar-refractivity contribution is 7.85. The normalized spacial score (nSPS) is 25.0. The average Bonchev–Trinajstić information content (AvgIpc) is 2.28. The van der Waals surface area contributed by atoms with Crippen LogP contribution in [0.1, 0.15) is 24.5 Å². The van der Waals surface area contributed by atoms with Crippen LogP contribution in [0.5, 0.6) is 0 Å². The van der Waals surface area contributed by atoms with Gasteiger partial charge in [-0.1, -0.05) is 23.7 Å². The summed E-state index contributed by atoms with van der Waals surface area (Å²) in [6.07, 6.45) is 1.13. The van der Waals surface area contributed by atoms with E-state index < -0.39 is 10.1 Å². The molecule has 2 unspecified atom stereocenters. The first-order chi connectivity index (χ1) is 8.44. The fourth-order valence-electron chi connectivity index (χ4n) is 2.22. The maximum absolute atomic E-state index is 10.9. The van der Waals surface area contributed by atoms with Gasteiger partial charge < -0.3 is 4.74 Å². The molecule has 0 aliphatic carbocycles. The van der Waals surface area contributed by atoms with Crippen molar-refractivity contribution >= 4 is 21.7 Å². The van der Waals surface area contributed by atoms with Crippen LogP contribution in [0.3, 0.4) is 0 Å². The van der Waals surface area contributed by atoms with Gasteiger partial charge >= 0.3 is 0 Å². The first kappa shape index (κ1) is 13.8. The molecule has 0 spiro atoms. The molecule has 1 aromatic rings. The molecular weight excluding hydrogens is 276 g/mol. The molecule has 1 fully saturated rings. The van der Waals surface area contributed by atoms with E-state index >= 15 is 0 Å². The quantitative estimate of drug-likeness (QED) is 0.869. The van der Waals surface area contributed by atoms with Crippen LogP contribution in [0.15, 0.2) is 24.3 Å². The van der Waals surface area contributed by atoms with Crippen LogP contribution >= 0.6 is 11.6 Å². The molecule has 6 heteroatoms. The Kier molecular flexibility index (Phi) is 4.27. The Balaban J connectivity index is 2.04. The third kappa shape index (κ3) is 3.95. The summed E-state index contributed by atoms with van der Waals surface area (Å²) in [6, 6.07) is 7.32. The molecule has 4 nitrogen and oxygen atoms in total. The van der Waals surface area contributed by atoms with Gasteiger partial charge in [0, 0.05) is 11.6 Å². The van der Waals surface area contributed by atoms with Crippen LogP contribution in [0.2, 0.25) is 5.02 Å². The van der Waals surface area contributed by atoms with Crippen LogP contribution in [0.25, 0.3) is 0 Å². The van der Waals surface area contributed by atoms with Crippen molar-refractivity contribution in [2.24, 2.45) is 5.92 Å². The standard InChI is InChI=1S/C12H15ClO4S/c13-11-3-1-10(2-4-11)12-7-9(5-6-17-12)8-18(14,15)16/h1-4,9,12H,5-8H2,(H,14,15,16). The number of ether oxygens (including phenoxy) is 1. The number of benzene rings is 1. The molecule has 2 rings (SSSR count). The molecule has 1 aliphatic rings. The molecule has 1 heterocycles. The second kappa shape index (κ2) is 5.57. The second-order valence-electron chi connectivity index (χ2n) is 4.55. The second-order valence-corrected chi connectivity index (χ2v) is 6.48. The monoisotopic (exact) mass is 290 g/mol. The summed E-state index contributed by atoms with van der Waals surface area (Å²) in [4.78, 5) is 0. The Bertz CT molecular complexity index is 497. The van der Waals surface area contributed by atoms with Gasteiger partial charge in [0.15, 0.2) is 0 Å². The summed E-state index contributed by atoms with van der Waals surface area (Å²) in [5.41, 5.74) is 0.986. The Hall–Kier alpha value is -0.620. The van der Waals surface area contributed by atoms with Gasteiger partial charge in [-0.05, 0) is 36.5 Å². The highest BCUT2D eigenvalue weighted by atomic mass is 35.5. The van der Waals surface area contributed by atoms with Crippen molar-refractivity contribution in [2.45, 2.75) is 18.9 Å². The first-order valence-electron chi connectivity index (χ1n) is 5.76. The van der Waals surface area contributed by atoms with E-state index in [4.69, 9.17) is 20.9 Å². The predicted molar refractivity (Wildman–Crippen MR) is 69.3 cm³/mol. The number of hydrogen-bond donors (Lipinski definition) is 1. The van der Waals surface area contributed by atoms with Crippen molar-refractivity contribution in [1.29, 1.82) is 0 Å². The van der Waals surface area contributed by atoms with Crippen LogP contribution in [0, 0.1) is 5.92 Å². The molecular formula is C12H15ClO4S. The first-order valence-corrected chi connectivity index (χ1v) is 7.75. The Morgan fingerprint density at radius 2 is 2.00 bits per heavy atom. The van der Waals surface area contributed by atoms with E-state index in [1.54, 1.807) is 12.1 Å². The summed E-state index contributed by atoms with van der Waals surface area (Å²) in [7, 11) is -3.91. The molecule has 0 saturated carbocycles. The van der Waals surface area contributed by atoms with Gasteiger partial charge in [-0.25, -0.2) is 0 Å². The molecule has 1 aliphatic heterocycles. The lowest BCUT2D eigenvalue weighted by molar-refractivity contribution is -0.00587. The summed E-state index contributed by atoms with van der Waals surface area (Å²) in [5, 5.41) is 0.657. The van der Waals surface area contributed by atoms with Gasteiger partial charge in [-0.3, -0.25) is 4.55 Å². The van der Waals surface area contributed by atoms with Gasteiger partial charge in [0.2, 0.25) is 0 Å². The Morgan fingerprint density at radius 1 is 1.33 bits per heavy atom. The van der Waals surface area contributed by atoms with Crippen molar-refractivity contribution in [3.05, 3.63) is 34.9 Å². The Morgan fingerprint density at radius 3 is 2.61 bits per heavy atom. The lowest BCUT2D eigenvalue weighted by atomic mass is 9.93. The highest BCUT2D eigenvalue weighted by Crippen LogP contribution is 2.32. The average molecular weight is 291 g/mol. The van der Waals surface area contributed by atoms with Crippen molar-refractivity contribution in [1.82, 2.24) is 0 Å². The van der Waals surface area contributed by atoms with E-state index in [1.807, 2.05) is 12.1 Å². The lowest BCUT2D eigenvalue weighted by Gasteiger charge is -2.29. The topological polar surface area (TPSA) is 63.6 Å². The lowest BCUT2D eigenvalue weighted by Crippen LogP contribution is -2.25. The van der Waals surface area contributed by atoms with Crippen LogP contribution in [0.4, 0.5) is 0 Å². The fourth-order valence-corrected chi connectivity index (χ4v) is 3.25. The van der Waals surface area contributed by atoms with Crippen LogP contribution in [-0.4, -0.2) is 25.3 Å². The number of halogens is 1. The molecule has 1 saturated heterocycles. The molecule has 0 bridgehead atoms. The largest absolute Gasteiger partial charge is 0.374 e. The number of rotatable bonds is 3. The minimum absolute atomic E-state index is 0.0607.